The quantitative estimate of drug-likeness (QED) is 0.902. The van der Waals surface area contributed by atoms with Crippen LogP contribution in [0.15, 0.2) is 46.7 Å². The normalized spacial score (nSPS) is 16.7. The molecule has 2 aromatic rings. The van der Waals surface area contributed by atoms with E-state index in [0.29, 0.717) is 13.0 Å². The lowest BCUT2D eigenvalue weighted by atomic mass is 10.3. The van der Waals surface area contributed by atoms with Crippen LogP contribution in [0.5, 0.6) is 0 Å². The first kappa shape index (κ1) is 16.2. The molecule has 1 N–H and O–H groups in total. The van der Waals surface area contributed by atoms with Crippen molar-refractivity contribution in [3.8, 4) is 0 Å². The Bertz CT molecular complexity index is 783. The fourth-order valence-corrected chi connectivity index (χ4v) is 4.65. The third-order valence-corrected chi connectivity index (χ3v) is 6.45. The van der Waals surface area contributed by atoms with Crippen LogP contribution >= 0.6 is 11.3 Å². The first-order chi connectivity index (χ1) is 11.0. The number of anilines is 1. The summed E-state index contributed by atoms with van der Waals surface area (Å²) in [6.07, 6.45) is 1.40. The summed E-state index contributed by atoms with van der Waals surface area (Å²) in [4.78, 5) is 14.6. The molecule has 0 spiro atoms. The second kappa shape index (κ2) is 6.43. The molecule has 1 aliphatic rings. The number of nitrogens with one attached hydrogen (secondary N) is 1. The molecule has 1 aromatic heterocycles. The molecule has 2 heterocycles. The van der Waals surface area contributed by atoms with E-state index in [4.69, 9.17) is 0 Å². The van der Waals surface area contributed by atoms with Gasteiger partial charge in [0, 0.05) is 23.5 Å². The average molecular weight is 350 g/mol. The van der Waals surface area contributed by atoms with Gasteiger partial charge in [0.2, 0.25) is 15.9 Å². The van der Waals surface area contributed by atoms with E-state index >= 15 is 0 Å². The van der Waals surface area contributed by atoms with E-state index in [2.05, 4.69) is 4.72 Å². The first-order valence-corrected chi connectivity index (χ1v) is 9.80. The van der Waals surface area contributed by atoms with Crippen molar-refractivity contribution >= 4 is 33.0 Å². The van der Waals surface area contributed by atoms with Crippen LogP contribution in [0, 0.1) is 0 Å². The molecule has 0 saturated carbocycles. The Hall–Kier alpha value is -1.70. The lowest BCUT2D eigenvalue weighted by Gasteiger charge is -2.17. The lowest BCUT2D eigenvalue weighted by molar-refractivity contribution is -0.117. The number of rotatable bonds is 5. The zero-order valence-corrected chi connectivity index (χ0v) is 14.4. The highest BCUT2D eigenvalue weighted by Gasteiger charge is 2.23. The molecule has 1 atom stereocenters. The minimum atomic E-state index is -3.59. The second-order valence-electron chi connectivity index (χ2n) is 5.50. The van der Waals surface area contributed by atoms with E-state index in [0.717, 1.165) is 17.0 Å². The maximum Gasteiger partial charge on any atom is 0.241 e. The van der Waals surface area contributed by atoms with Crippen LogP contribution in [0.2, 0.25) is 0 Å². The van der Waals surface area contributed by atoms with Crippen LogP contribution in [0.3, 0.4) is 0 Å². The van der Waals surface area contributed by atoms with E-state index < -0.39 is 10.0 Å². The number of nitrogens with zero attached hydrogens (tertiary/aromatic N) is 1. The van der Waals surface area contributed by atoms with Crippen molar-refractivity contribution in [1.29, 1.82) is 0 Å². The van der Waals surface area contributed by atoms with Gasteiger partial charge in [-0.3, -0.25) is 4.79 Å². The Morgan fingerprint density at radius 2 is 1.96 bits per heavy atom. The molecular weight excluding hydrogens is 332 g/mol. The highest BCUT2D eigenvalue weighted by molar-refractivity contribution is 7.89. The predicted molar refractivity (Wildman–Crippen MR) is 91.1 cm³/mol. The molecule has 1 aromatic carbocycles. The van der Waals surface area contributed by atoms with Gasteiger partial charge in [0.05, 0.1) is 10.9 Å². The molecule has 1 amide bonds. The summed E-state index contributed by atoms with van der Waals surface area (Å²) in [6, 6.07) is 9.99. The number of sulfonamides is 1. The summed E-state index contributed by atoms with van der Waals surface area (Å²) >= 11 is 1.52. The number of amides is 1. The van der Waals surface area contributed by atoms with Crippen LogP contribution in [-0.2, 0) is 14.8 Å². The summed E-state index contributed by atoms with van der Waals surface area (Å²) in [5.41, 5.74) is 0.748. The van der Waals surface area contributed by atoms with Crippen LogP contribution in [0.1, 0.15) is 30.7 Å². The van der Waals surface area contributed by atoms with E-state index in [9.17, 15) is 13.2 Å². The fourth-order valence-electron chi connectivity index (χ4n) is 2.62. The van der Waals surface area contributed by atoms with Crippen molar-refractivity contribution in [2.45, 2.75) is 30.7 Å². The Kier molecular flexibility index (Phi) is 4.52. The van der Waals surface area contributed by atoms with Crippen molar-refractivity contribution < 1.29 is 13.2 Å². The zero-order valence-electron chi connectivity index (χ0n) is 12.7. The van der Waals surface area contributed by atoms with E-state index in [-0.39, 0.29) is 16.8 Å². The van der Waals surface area contributed by atoms with Gasteiger partial charge in [-0.15, -0.1) is 11.3 Å². The highest BCUT2D eigenvalue weighted by Crippen LogP contribution is 2.24. The van der Waals surface area contributed by atoms with Gasteiger partial charge >= 0.3 is 0 Å². The maximum atomic E-state index is 12.4. The van der Waals surface area contributed by atoms with Gasteiger partial charge in [0.15, 0.2) is 0 Å². The molecule has 0 unspecified atom stereocenters. The topological polar surface area (TPSA) is 66.5 Å². The van der Waals surface area contributed by atoms with Crippen LogP contribution in [0.25, 0.3) is 0 Å². The highest BCUT2D eigenvalue weighted by atomic mass is 32.2. The van der Waals surface area contributed by atoms with Crippen molar-refractivity contribution in [2.24, 2.45) is 0 Å². The molecule has 122 valence electrons. The van der Waals surface area contributed by atoms with Crippen molar-refractivity contribution in [1.82, 2.24) is 4.72 Å². The molecule has 1 aliphatic heterocycles. The smallest absolute Gasteiger partial charge is 0.241 e. The number of benzene rings is 1. The predicted octanol–water partition coefficient (Wildman–Crippen LogP) is 2.91. The SMILES string of the molecule is C[C@@H](NS(=O)(=O)c1ccc(N2CCCC2=O)cc1)c1cccs1. The van der Waals surface area contributed by atoms with Crippen LogP contribution in [0.4, 0.5) is 5.69 Å². The monoisotopic (exact) mass is 350 g/mol. The largest absolute Gasteiger partial charge is 0.312 e. The third-order valence-electron chi connectivity index (χ3n) is 3.83. The van der Waals surface area contributed by atoms with E-state index in [1.54, 1.807) is 29.2 Å². The summed E-state index contributed by atoms with van der Waals surface area (Å²) in [5, 5.41) is 1.92. The number of hydrogen-bond acceptors (Lipinski definition) is 4. The average Bonchev–Trinajstić information content (AvgIpc) is 3.18. The first-order valence-electron chi connectivity index (χ1n) is 7.43. The lowest BCUT2D eigenvalue weighted by Crippen LogP contribution is -2.27. The Balaban J connectivity index is 1.76. The van der Waals surface area contributed by atoms with Crippen molar-refractivity contribution in [2.75, 3.05) is 11.4 Å². The number of thiophene rings is 1. The summed E-state index contributed by atoms with van der Waals surface area (Å²) in [7, 11) is -3.59. The third kappa shape index (κ3) is 3.46. The van der Waals surface area contributed by atoms with Gasteiger partial charge in [0.25, 0.3) is 0 Å². The van der Waals surface area contributed by atoms with Crippen molar-refractivity contribution in [3.63, 3.8) is 0 Å². The molecule has 23 heavy (non-hydrogen) atoms. The Morgan fingerprint density at radius 1 is 1.22 bits per heavy atom. The standard InChI is InChI=1S/C16H18N2O3S2/c1-12(15-4-3-11-22-15)17-23(20,21)14-8-6-13(7-9-14)18-10-2-5-16(18)19/h3-4,6-9,11-12,17H,2,5,10H2,1H3/t12-/m1/s1. The molecular formula is C16H18N2O3S2. The minimum Gasteiger partial charge on any atom is -0.312 e. The van der Waals surface area contributed by atoms with E-state index in [1.165, 1.54) is 11.3 Å². The fraction of sp³-hybridized carbons (Fsp3) is 0.312. The van der Waals surface area contributed by atoms with Gasteiger partial charge in [-0.05, 0) is 49.1 Å². The molecule has 1 saturated heterocycles. The van der Waals surface area contributed by atoms with Gasteiger partial charge in [-0.1, -0.05) is 6.07 Å². The minimum absolute atomic E-state index is 0.0880. The Labute approximate surface area is 140 Å². The maximum absolute atomic E-state index is 12.4. The van der Waals surface area contributed by atoms with Crippen molar-refractivity contribution in [3.05, 3.63) is 46.7 Å². The zero-order chi connectivity index (χ0) is 16.4. The molecule has 0 bridgehead atoms. The summed E-state index contributed by atoms with van der Waals surface area (Å²) < 4.78 is 27.6. The molecule has 1 fully saturated rings. The van der Waals surface area contributed by atoms with E-state index in [1.807, 2.05) is 24.4 Å². The second-order valence-corrected chi connectivity index (χ2v) is 8.19. The molecule has 7 heteroatoms. The van der Waals surface area contributed by atoms with Gasteiger partial charge < -0.3 is 4.90 Å². The summed E-state index contributed by atoms with van der Waals surface area (Å²) in [6.45, 7) is 2.51. The van der Waals surface area contributed by atoms with Crippen LogP contribution in [-0.4, -0.2) is 20.9 Å². The Morgan fingerprint density at radius 3 is 2.52 bits per heavy atom. The van der Waals surface area contributed by atoms with Gasteiger partial charge in [-0.25, -0.2) is 13.1 Å². The molecule has 5 nitrogen and oxygen atoms in total. The summed E-state index contributed by atoms with van der Waals surface area (Å²) in [5.74, 6) is 0.0880. The van der Waals surface area contributed by atoms with Crippen LogP contribution < -0.4 is 9.62 Å². The number of carbonyl (C=O) groups excluding carboxylic acids is 1. The molecule has 0 aliphatic carbocycles. The molecule has 0 radical (unpaired) electrons. The number of hydrogen-bond donors (Lipinski definition) is 1. The van der Waals surface area contributed by atoms with Gasteiger partial charge in [-0.2, -0.15) is 0 Å². The number of carbonyl (C=O) groups is 1. The molecule has 3 rings (SSSR count). The van der Waals surface area contributed by atoms with Gasteiger partial charge in [0.1, 0.15) is 0 Å².